The second-order valence-corrected chi connectivity index (χ2v) is 4.39. The van der Waals surface area contributed by atoms with Crippen molar-refractivity contribution in [3.05, 3.63) is 32.6 Å². The number of aliphatic hydroxyl groups excluding tert-OH is 2. The Balaban J connectivity index is 3.11. The Labute approximate surface area is 119 Å². The van der Waals surface area contributed by atoms with Crippen molar-refractivity contribution in [1.82, 2.24) is 4.98 Å². The zero-order chi connectivity index (χ0) is 15.4. The number of aliphatic hydroxyl groups is 2. The number of ether oxygens (including phenoxy) is 1. The quantitative estimate of drug-likeness (QED) is 0.358. The van der Waals surface area contributed by atoms with Crippen molar-refractivity contribution in [1.29, 1.82) is 0 Å². The van der Waals surface area contributed by atoms with Crippen LogP contribution < -0.4 is 0 Å². The van der Waals surface area contributed by atoms with Gasteiger partial charge in [0.2, 0.25) is 5.15 Å². The summed E-state index contributed by atoms with van der Waals surface area (Å²) in [6.07, 6.45) is -2.31. The molecule has 9 heteroatoms. The minimum atomic E-state index is -1.52. The predicted molar refractivity (Wildman–Crippen MR) is 68.2 cm³/mol. The molecule has 8 nitrogen and oxygen atoms in total. The molecule has 1 rings (SSSR count). The van der Waals surface area contributed by atoms with E-state index < -0.39 is 35.2 Å². The van der Waals surface area contributed by atoms with Crippen LogP contribution >= 0.6 is 11.6 Å². The van der Waals surface area contributed by atoms with E-state index in [9.17, 15) is 25.1 Å². The highest BCUT2D eigenvalue weighted by molar-refractivity contribution is 6.31. The summed E-state index contributed by atoms with van der Waals surface area (Å²) in [5.74, 6) is -0.717. The highest BCUT2D eigenvalue weighted by Crippen LogP contribution is 2.32. The first-order chi connectivity index (χ1) is 9.29. The van der Waals surface area contributed by atoms with Crippen LogP contribution in [0.25, 0.3) is 0 Å². The fourth-order valence-electron chi connectivity index (χ4n) is 1.66. The smallest absolute Gasteiger partial charge is 0.309 e. The molecule has 1 heterocycles. The summed E-state index contributed by atoms with van der Waals surface area (Å²) in [5, 5.41) is 30.2. The van der Waals surface area contributed by atoms with Crippen LogP contribution in [0.4, 0.5) is 5.69 Å². The van der Waals surface area contributed by atoms with Crippen LogP contribution in [0, 0.1) is 17.0 Å². The molecule has 0 radical (unpaired) electrons. The number of nitrogens with zero attached hydrogens (tertiary/aromatic N) is 2. The zero-order valence-corrected chi connectivity index (χ0v) is 11.5. The molecule has 1 aromatic rings. The summed E-state index contributed by atoms with van der Waals surface area (Å²) < 4.78 is 4.36. The SMILES string of the molecule is COC(=O)CC(O)C(O)c1cnc(Cl)c([N+](=O)[O-])c1C. The highest BCUT2D eigenvalue weighted by atomic mass is 35.5. The Morgan fingerprint density at radius 2 is 2.20 bits per heavy atom. The minimum Gasteiger partial charge on any atom is -0.469 e. The molecular formula is C11H13ClN2O6. The third-order valence-electron chi connectivity index (χ3n) is 2.77. The average Bonchev–Trinajstić information content (AvgIpc) is 2.37. The molecule has 2 atom stereocenters. The maximum absolute atomic E-state index is 11.0. The monoisotopic (exact) mass is 304 g/mol. The van der Waals surface area contributed by atoms with Crippen LogP contribution in [0.3, 0.4) is 0 Å². The van der Waals surface area contributed by atoms with Crippen molar-refractivity contribution < 1.29 is 24.7 Å². The number of aromatic nitrogens is 1. The molecule has 0 aliphatic heterocycles. The largest absolute Gasteiger partial charge is 0.469 e. The van der Waals surface area contributed by atoms with Gasteiger partial charge in [-0.3, -0.25) is 14.9 Å². The third kappa shape index (κ3) is 3.41. The second-order valence-electron chi connectivity index (χ2n) is 4.03. The third-order valence-corrected chi connectivity index (χ3v) is 3.05. The number of pyridine rings is 1. The molecule has 2 unspecified atom stereocenters. The van der Waals surface area contributed by atoms with Crippen molar-refractivity contribution in [2.24, 2.45) is 0 Å². The second kappa shape index (κ2) is 6.60. The van der Waals surface area contributed by atoms with E-state index in [1.807, 2.05) is 0 Å². The first-order valence-corrected chi connectivity index (χ1v) is 5.89. The van der Waals surface area contributed by atoms with Crippen LogP contribution in [0.1, 0.15) is 23.7 Å². The number of esters is 1. The Kier molecular flexibility index (Phi) is 5.37. The highest BCUT2D eigenvalue weighted by Gasteiger charge is 2.28. The van der Waals surface area contributed by atoms with E-state index in [4.69, 9.17) is 11.6 Å². The first kappa shape index (κ1) is 16.3. The summed E-state index contributed by atoms with van der Waals surface area (Å²) in [6.45, 7) is 1.37. The van der Waals surface area contributed by atoms with E-state index in [0.717, 1.165) is 13.3 Å². The van der Waals surface area contributed by atoms with Gasteiger partial charge in [-0.05, 0) is 6.92 Å². The van der Waals surface area contributed by atoms with Gasteiger partial charge in [0, 0.05) is 17.3 Å². The van der Waals surface area contributed by atoms with Gasteiger partial charge in [0.05, 0.1) is 24.6 Å². The lowest BCUT2D eigenvalue weighted by molar-refractivity contribution is -0.385. The fourth-order valence-corrected chi connectivity index (χ4v) is 1.92. The predicted octanol–water partition coefficient (Wildman–Crippen LogP) is 0.909. The summed E-state index contributed by atoms with van der Waals surface area (Å²) in [7, 11) is 1.14. The van der Waals surface area contributed by atoms with Gasteiger partial charge in [-0.15, -0.1) is 0 Å². The normalized spacial score (nSPS) is 13.7. The van der Waals surface area contributed by atoms with Gasteiger partial charge >= 0.3 is 11.7 Å². The van der Waals surface area contributed by atoms with Crippen molar-refractivity contribution in [2.75, 3.05) is 7.11 Å². The number of halogens is 1. The van der Waals surface area contributed by atoms with E-state index in [-0.39, 0.29) is 16.3 Å². The molecule has 0 aliphatic rings. The Hall–Kier alpha value is -1.77. The molecule has 20 heavy (non-hydrogen) atoms. The van der Waals surface area contributed by atoms with Gasteiger partial charge in [-0.1, -0.05) is 11.6 Å². The van der Waals surface area contributed by atoms with Crippen molar-refractivity contribution in [3.63, 3.8) is 0 Å². The molecule has 0 aromatic carbocycles. The molecule has 0 spiro atoms. The topological polar surface area (TPSA) is 123 Å². The zero-order valence-electron chi connectivity index (χ0n) is 10.7. The summed E-state index contributed by atoms with van der Waals surface area (Å²) >= 11 is 5.62. The molecule has 0 aliphatic carbocycles. The lowest BCUT2D eigenvalue weighted by atomic mass is 9.99. The maximum atomic E-state index is 11.0. The molecule has 0 bridgehead atoms. The number of carbonyl (C=O) groups excluding carboxylic acids is 1. The Morgan fingerprint density at radius 3 is 2.70 bits per heavy atom. The van der Waals surface area contributed by atoms with Crippen LogP contribution in [-0.4, -0.2) is 39.3 Å². The molecule has 110 valence electrons. The lowest BCUT2D eigenvalue weighted by Crippen LogP contribution is -2.23. The summed E-state index contributed by atoms with van der Waals surface area (Å²) in [6, 6.07) is 0. The molecule has 0 amide bonds. The van der Waals surface area contributed by atoms with E-state index in [0.29, 0.717) is 0 Å². The Morgan fingerprint density at radius 1 is 1.60 bits per heavy atom. The molecule has 0 saturated carbocycles. The van der Waals surface area contributed by atoms with Crippen molar-refractivity contribution >= 4 is 23.3 Å². The maximum Gasteiger partial charge on any atom is 0.309 e. The number of nitro groups is 1. The standard InChI is InChI=1S/C11H13ClN2O6/c1-5-6(4-13-11(12)9(5)14(18)19)10(17)7(15)3-8(16)20-2/h4,7,10,15,17H,3H2,1-2H3. The van der Waals surface area contributed by atoms with Gasteiger partial charge in [0.15, 0.2) is 0 Å². The molecule has 1 aromatic heterocycles. The number of hydrogen-bond donors (Lipinski definition) is 2. The van der Waals surface area contributed by atoms with Crippen LogP contribution in [0.15, 0.2) is 6.20 Å². The van der Waals surface area contributed by atoms with Crippen LogP contribution in [-0.2, 0) is 9.53 Å². The van der Waals surface area contributed by atoms with E-state index in [2.05, 4.69) is 9.72 Å². The fraction of sp³-hybridized carbons (Fsp3) is 0.455. The Bertz CT molecular complexity index is 536. The summed E-state index contributed by atoms with van der Waals surface area (Å²) in [5.41, 5.74) is -0.350. The summed E-state index contributed by atoms with van der Waals surface area (Å²) in [4.78, 5) is 24.8. The lowest BCUT2D eigenvalue weighted by Gasteiger charge is -2.18. The van der Waals surface area contributed by atoms with Gasteiger partial charge < -0.3 is 14.9 Å². The molecular weight excluding hydrogens is 292 g/mol. The van der Waals surface area contributed by atoms with Crippen molar-refractivity contribution in [2.45, 2.75) is 25.6 Å². The average molecular weight is 305 g/mol. The van der Waals surface area contributed by atoms with Crippen molar-refractivity contribution in [3.8, 4) is 0 Å². The molecule has 2 N–H and O–H groups in total. The van der Waals surface area contributed by atoms with Gasteiger partial charge in [0.25, 0.3) is 0 Å². The number of methoxy groups -OCH3 is 1. The van der Waals surface area contributed by atoms with E-state index >= 15 is 0 Å². The number of carbonyl (C=O) groups is 1. The molecule has 0 saturated heterocycles. The van der Waals surface area contributed by atoms with Gasteiger partial charge in [-0.2, -0.15) is 0 Å². The molecule has 0 fully saturated rings. The van der Waals surface area contributed by atoms with Crippen LogP contribution in [0.2, 0.25) is 5.15 Å². The van der Waals surface area contributed by atoms with Gasteiger partial charge in [-0.25, -0.2) is 4.98 Å². The van der Waals surface area contributed by atoms with Crippen LogP contribution in [0.5, 0.6) is 0 Å². The van der Waals surface area contributed by atoms with E-state index in [1.165, 1.54) is 6.92 Å². The first-order valence-electron chi connectivity index (χ1n) is 5.51. The minimum absolute atomic E-state index is 0.0255. The van der Waals surface area contributed by atoms with Gasteiger partial charge in [0.1, 0.15) is 6.10 Å². The number of rotatable bonds is 5. The number of hydrogen-bond acceptors (Lipinski definition) is 7. The van der Waals surface area contributed by atoms with E-state index in [1.54, 1.807) is 0 Å².